The van der Waals surface area contributed by atoms with Crippen LogP contribution in [0.1, 0.15) is 31.2 Å². The Kier molecular flexibility index (Phi) is 6.05. The minimum absolute atomic E-state index is 0.333. The standard InChI is InChI=1S/C30H27FN8/c31-25-12-26-24(11-23(25)21-10-19(15-34-17-21)14-33-13-18-4-1-2-5-18)28(39-38-26)30-36-27-22(7-9-35-29(27)37-30)20-6-3-8-32-16-20/h3,6-12,15-18,33H,1-2,4-5,13-14H2,(H,38,39)(H,35,36,37). The third-order valence-corrected chi connectivity index (χ3v) is 7.58. The van der Waals surface area contributed by atoms with Crippen molar-refractivity contribution in [1.82, 2.24) is 40.4 Å². The fraction of sp³-hybridized carbons (Fsp3) is 0.233. The molecule has 6 aromatic rings. The first-order valence-corrected chi connectivity index (χ1v) is 13.3. The van der Waals surface area contributed by atoms with E-state index in [1.807, 2.05) is 36.5 Å². The summed E-state index contributed by atoms with van der Waals surface area (Å²) in [5.41, 5.74) is 6.70. The molecule has 0 radical (unpaired) electrons. The Morgan fingerprint density at radius 1 is 0.949 bits per heavy atom. The maximum atomic E-state index is 15.3. The second-order valence-corrected chi connectivity index (χ2v) is 10.2. The molecular formula is C30H27FN8. The number of rotatable bonds is 7. The van der Waals surface area contributed by atoms with Crippen molar-refractivity contribution < 1.29 is 4.39 Å². The molecule has 3 N–H and O–H groups in total. The molecule has 0 spiro atoms. The number of aromatic amines is 2. The lowest BCUT2D eigenvalue weighted by molar-refractivity contribution is 0.489. The lowest BCUT2D eigenvalue weighted by Crippen LogP contribution is -2.20. The fourth-order valence-electron chi connectivity index (χ4n) is 5.59. The molecule has 1 fully saturated rings. The summed E-state index contributed by atoms with van der Waals surface area (Å²) < 4.78 is 15.3. The monoisotopic (exact) mass is 518 g/mol. The molecule has 5 aromatic heterocycles. The van der Waals surface area contributed by atoms with Gasteiger partial charge in [0.2, 0.25) is 0 Å². The van der Waals surface area contributed by atoms with Gasteiger partial charge in [0.1, 0.15) is 11.5 Å². The van der Waals surface area contributed by atoms with Gasteiger partial charge in [-0.05, 0) is 55.1 Å². The first kappa shape index (κ1) is 23.6. The van der Waals surface area contributed by atoms with Crippen molar-refractivity contribution in [2.75, 3.05) is 6.54 Å². The summed E-state index contributed by atoms with van der Waals surface area (Å²) >= 11 is 0. The van der Waals surface area contributed by atoms with Crippen LogP contribution in [0.3, 0.4) is 0 Å². The molecule has 1 saturated carbocycles. The van der Waals surface area contributed by atoms with Crippen LogP contribution >= 0.6 is 0 Å². The van der Waals surface area contributed by atoms with E-state index in [4.69, 9.17) is 4.98 Å². The zero-order valence-corrected chi connectivity index (χ0v) is 21.3. The number of aromatic nitrogens is 7. The molecule has 9 heteroatoms. The number of hydrogen-bond acceptors (Lipinski definition) is 6. The molecule has 0 bridgehead atoms. The molecule has 5 heterocycles. The third kappa shape index (κ3) is 4.55. The summed E-state index contributed by atoms with van der Waals surface area (Å²) in [5, 5.41) is 11.8. The van der Waals surface area contributed by atoms with Crippen molar-refractivity contribution in [2.45, 2.75) is 32.2 Å². The predicted molar refractivity (Wildman–Crippen MR) is 149 cm³/mol. The molecule has 0 unspecified atom stereocenters. The van der Waals surface area contributed by atoms with Gasteiger partial charge in [-0.15, -0.1) is 0 Å². The van der Waals surface area contributed by atoms with E-state index in [1.54, 1.807) is 24.8 Å². The zero-order chi connectivity index (χ0) is 26.2. The van der Waals surface area contributed by atoms with E-state index in [0.717, 1.165) is 45.6 Å². The van der Waals surface area contributed by atoms with Crippen LogP contribution in [-0.2, 0) is 6.54 Å². The molecule has 1 aliphatic carbocycles. The largest absolute Gasteiger partial charge is 0.335 e. The first-order valence-electron chi connectivity index (χ1n) is 13.3. The Morgan fingerprint density at radius 3 is 2.72 bits per heavy atom. The molecular weight excluding hydrogens is 491 g/mol. The summed E-state index contributed by atoms with van der Waals surface area (Å²) in [7, 11) is 0. The van der Waals surface area contributed by atoms with E-state index < -0.39 is 0 Å². The molecule has 0 amide bonds. The van der Waals surface area contributed by atoms with Crippen LogP contribution in [0.15, 0.2) is 67.4 Å². The normalized spacial score (nSPS) is 14.1. The number of hydrogen-bond donors (Lipinski definition) is 3. The van der Waals surface area contributed by atoms with Gasteiger partial charge in [-0.1, -0.05) is 18.9 Å². The van der Waals surface area contributed by atoms with Gasteiger partial charge in [0.15, 0.2) is 11.5 Å². The molecule has 0 saturated heterocycles. The van der Waals surface area contributed by atoms with Gasteiger partial charge in [-0.2, -0.15) is 5.10 Å². The highest BCUT2D eigenvalue weighted by molar-refractivity contribution is 5.97. The molecule has 8 nitrogen and oxygen atoms in total. The number of fused-ring (bicyclic) bond motifs is 2. The van der Waals surface area contributed by atoms with Gasteiger partial charge >= 0.3 is 0 Å². The lowest BCUT2D eigenvalue weighted by Gasteiger charge is -2.11. The molecule has 1 aliphatic rings. The Labute approximate surface area is 224 Å². The summed E-state index contributed by atoms with van der Waals surface area (Å²) in [4.78, 5) is 21.2. The van der Waals surface area contributed by atoms with Gasteiger partial charge in [0.05, 0.1) is 11.0 Å². The van der Waals surface area contributed by atoms with Crippen molar-refractivity contribution in [1.29, 1.82) is 0 Å². The number of nitrogens with one attached hydrogen (secondary N) is 3. The average molecular weight is 519 g/mol. The highest BCUT2D eigenvalue weighted by Gasteiger charge is 2.19. The van der Waals surface area contributed by atoms with Gasteiger partial charge < -0.3 is 10.3 Å². The van der Waals surface area contributed by atoms with Gasteiger partial charge in [0.25, 0.3) is 0 Å². The number of halogens is 1. The fourth-order valence-corrected chi connectivity index (χ4v) is 5.59. The lowest BCUT2D eigenvalue weighted by atomic mass is 10.0. The van der Waals surface area contributed by atoms with Gasteiger partial charge in [0, 0.05) is 71.2 Å². The van der Waals surface area contributed by atoms with Crippen LogP contribution in [0.2, 0.25) is 0 Å². The molecule has 0 atom stereocenters. The molecule has 0 aliphatic heterocycles. The van der Waals surface area contributed by atoms with Crippen molar-refractivity contribution >= 4 is 22.1 Å². The minimum atomic E-state index is -0.333. The van der Waals surface area contributed by atoms with E-state index in [2.05, 4.69) is 35.5 Å². The zero-order valence-electron chi connectivity index (χ0n) is 21.3. The number of pyridine rings is 3. The second kappa shape index (κ2) is 9.99. The van der Waals surface area contributed by atoms with Crippen LogP contribution in [0.25, 0.3) is 55.8 Å². The Bertz CT molecular complexity index is 1770. The van der Waals surface area contributed by atoms with Gasteiger partial charge in [-0.3, -0.25) is 15.1 Å². The van der Waals surface area contributed by atoms with Crippen molar-refractivity contribution in [3.8, 4) is 33.8 Å². The number of imidazole rings is 1. The third-order valence-electron chi connectivity index (χ3n) is 7.58. The van der Waals surface area contributed by atoms with Crippen LogP contribution in [0, 0.1) is 11.7 Å². The summed E-state index contributed by atoms with van der Waals surface area (Å²) in [6.07, 6.45) is 14.1. The molecule has 1 aromatic carbocycles. The summed E-state index contributed by atoms with van der Waals surface area (Å²) in [6.45, 7) is 1.72. The van der Waals surface area contributed by atoms with Crippen LogP contribution in [-0.4, -0.2) is 41.7 Å². The summed E-state index contributed by atoms with van der Waals surface area (Å²) in [5.74, 6) is 0.982. The van der Waals surface area contributed by atoms with Crippen molar-refractivity contribution in [2.24, 2.45) is 5.92 Å². The Hall–Kier alpha value is -4.50. The van der Waals surface area contributed by atoms with Crippen LogP contribution in [0.4, 0.5) is 4.39 Å². The highest BCUT2D eigenvalue weighted by atomic mass is 19.1. The van der Waals surface area contributed by atoms with Crippen LogP contribution < -0.4 is 5.32 Å². The predicted octanol–water partition coefficient (Wildman–Crippen LogP) is 6.04. The van der Waals surface area contributed by atoms with E-state index in [-0.39, 0.29) is 5.82 Å². The SMILES string of the molecule is Fc1cc2[nH]nc(-c3nc4nccc(-c5cccnc5)c4[nH]3)c2cc1-c1cncc(CNCC2CCCC2)c1. The summed E-state index contributed by atoms with van der Waals surface area (Å²) in [6, 6.07) is 11.1. The number of benzene rings is 1. The minimum Gasteiger partial charge on any atom is -0.335 e. The first-order chi connectivity index (χ1) is 19.2. The Morgan fingerprint density at radius 2 is 1.85 bits per heavy atom. The molecule has 7 rings (SSSR count). The quantitative estimate of drug-likeness (QED) is 0.238. The van der Waals surface area contributed by atoms with Crippen molar-refractivity contribution in [3.63, 3.8) is 0 Å². The molecule has 39 heavy (non-hydrogen) atoms. The smallest absolute Gasteiger partial charge is 0.178 e. The Balaban J connectivity index is 1.23. The van der Waals surface area contributed by atoms with E-state index >= 15 is 4.39 Å². The van der Waals surface area contributed by atoms with E-state index in [0.29, 0.717) is 34.8 Å². The molecule has 194 valence electrons. The van der Waals surface area contributed by atoms with Gasteiger partial charge in [-0.25, -0.2) is 14.4 Å². The highest BCUT2D eigenvalue weighted by Crippen LogP contribution is 2.34. The van der Waals surface area contributed by atoms with Crippen LogP contribution in [0.5, 0.6) is 0 Å². The number of nitrogens with zero attached hydrogens (tertiary/aromatic N) is 5. The van der Waals surface area contributed by atoms with E-state index in [1.165, 1.54) is 31.7 Å². The maximum Gasteiger partial charge on any atom is 0.178 e. The number of H-pyrrole nitrogens is 2. The van der Waals surface area contributed by atoms with Crippen molar-refractivity contribution in [3.05, 3.63) is 78.8 Å². The second-order valence-electron chi connectivity index (χ2n) is 10.2. The average Bonchev–Trinajstić information content (AvgIpc) is 3.73. The maximum absolute atomic E-state index is 15.3. The van der Waals surface area contributed by atoms with E-state index in [9.17, 15) is 0 Å². The topological polar surface area (TPSA) is 108 Å².